The summed E-state index contributed by atoms with van der Waals surface area (Å²) in [6, 6.07) is 15.9. The Morgan fingerprint density at radius 3 is 2.46 bits per heavy atom. The molecule has 1 heterocycles. The minimum absolute atomic E-state index is 0.0321. The highest BCUT2D eigenvalue weighted by molar-refractivity contribution is 5.87. The fourth-order valence-electron chi connectivity index (χ4n) is 3.46. The van der Waals surface area contributed by atoms with E-state index in [1.807, 2.05) is 36.4 Å². The number of nitrogens with zero attached hydrogens (tertiary/aromatic N) is 1. The van der Waals surface area contributed by atoms with Gasteiger partial charge < -0.3 is 16.4 Å². The molecule has 28 heavy (non-hydrogen) atoms. The molecule has 1 fully saturated rings. The maximum Gasteiger partial charge on any atom is 0.240 e. The van der Waals surface area contributed by atoms with Crippen molar-refractivity contribution < 1.29 is 4.79 Å². The maximum absolute atomic E-state index is 13.3. The second kappa shape index (κ2) is 8.84. The van der Waals surface area contributed by atoms with Gasteiger partial charge in [0.15, 0.2) is 0 Å². The summed E-state index contributed by atoms with van der Waals surface area (Å²) >= 11 is 0. The van der Waals surface area contributed by atoms with Crippen LogP contribution in [-0.2, 0) is 11.2 Å². The first kappa shape index (κ1) is 20.5. The first-order chi connectivity index (χ1) is 13.4. The van der Waals surface area contributed by atoms with Gasteiger partial charge in [-0.05, 0) is 48.9 Å². The van der Waals surface area contributed by atoms with Gasteiger partial charge in [0.05, 0.1) is 11.6 Å². The Labute approximate surface area is 168 Å². The SMILES string of the molecule is CC(C)(CN)CNC1(C(=O)NC(Cc2ccccn2)c2ccccc2)CCC1. The molecule has 5 heteroatoms. The molecular formula is C23H32N4O. The number of aromatic nitrogens is 1. The highest BCUT2D eigenvalue weighted by Gasteiger charge is 2.45. The molecule has 1 amide bonds. The third-order valence-corrected chi connectivity index (χ3v) is 5.75. The summed E-state index contributed by atoms with van der Waals surface area (Å²) in [6.45, 7) is 5.56. The predicted molar refractivity (Wildman–Crippen MR) is 113 cm³/mol. The number of carbonyl (C=O) groups excluding carboxylic acids is 1. The molecule has 4 N–H and O–H groups in total. The van der Waals surface area contributed by atoms with Gasteiger partial charge in [0.25, 0.3) is 0 Å². The Morgan fingerprint density at radius 1 is 1.18 bits per heavy atom. The van der Waals surface area contributed by atoms with Crippen molar-refractivity contribution in [2.75, 3.05) is 13.1 Å². The zero-order valence-corrected chi connectivity index (χ0v) is 16.9. The second-order valence-corrected chi connectivity index (χ2v) is 8.62. The van der Waals surface area contributed by atoms with Crippen LogP contribution in [0.3, 0.4) is 0 Å². The van der Waals surface area contributed by atoms with Crippen molar-refractivity contribution in [1.82, 2.24) is 15.6 Å². The van der Waals surface area contributed by atoms with Crippen LogP contribution in [0.5, 0.6) is 0 Å². The van der Waals surface area contributed by atoms with E-state index in [-0.39, 0.29) is 17.4 Å². The predicted octanol–water partition coefficient (Wildman–Crippen LogP) is 2.98. The van der Waals surface area contributed by atoms with Gasteiger partial charge in [-0.25, -0.2) is 0 Å². The minimum Gasteiger partial charge on any atom is -0.347 e. The Bertz CT molecular complexity index is 757. The van der Waals surface area contributed by atoms with Crippen LogP contribution in [-0.4, -0.2) is 29.5 Å². The zero-order chi connectivity index (χ0) is 20.0. The number of benzene rings is 1. The molecule has 0 radical (unpaired) electrons. The van der Waals surface area contributed by atoms with E-state index >= 15 is 0 Å². The number of amides is 1. The largest absolute Gasteiger partial charge is 0.347 e. The molecule has 1 saturated carbocycles. The lowest BCUT2D eigenvalue weighted by Gasteiger charge is -2.43. The summed E-state index contributed by atoms with van der Waals surface area (Å²) in [4.78, 5) is 17.7. The fraction of sp³-hybridized carbons (Fsp3) is 0.478. The van der Waals surface area contributed by atoms with E-state index in [1.54, 1.807) is 6.20 Å². The summed E-state index contributed by atoms with van der Waals surface area (Å²) in [5.41, 5.74) is 7.42. The average Bonchev–Trinajstić information content (AvgIpc) is 2.68. The Hall–Kier alpha value is -2.24. The number of hydrogen-bond donors (Lipinski definition) is 3. The lowest BCUT2D eigenvalue weighted by atomic mass is 9.74. The highest BCUT2D eigenvalue weighted by atomic mass is 16.2. The zero-order valence-electron chi connectivity index (χ0n) is 16.9. The van der Waals surface area contributed by atoms with Crippen LogP contribution in [0, 0.1) is 5.41 Å². The Kier molecular flexibility index (Phi) is 6.47. The van der Waals surface area contributed by atoms with E-state index in [0.29, 0.717) is 13.0 Å². The van der Waals surface area contributed by atoms with Gasteiger partial charge in [0.2, 0.25) is 5.91 Å². The number of hydrogen-bond acceptors (Lipinski definition) is 4. The molecule has 2 aromatic rings. The van der Waals surface area contributed by atoms with Crippen molar-refractivity contribution in [3.8, 4) is 0 Å². The van der Waals surface area contributed by atoms with Gasteiger partial charge in [0, 0.05) is 24.9 Å². The molecule has 1 atom stereocenters. The number of carbonyl (C=O) groups is 1. The monoisotopic (exact) mass is 380 g/mol. The molecule has 0 aliphatic heterocycles. The van der Waals surface area contributed by atoms with Crippen LogP contribution in [0.25, 0.3) is 0 Å². The molecule has 1 aromatic carbocycles. The van der Waals surface area contributed by atoms with E-state index in [4.69, 9.17) is 5.73 Å². The first-order valence-corrected chi connectivity index (χ1v) is 10.2. The van der Waals surface area contributed by atoms with Crippen LogP contribution >= 0.6 is 0 Å². The lowest BCUT2D eigenvalue weighted by molar-refractivity contribution is -0.132. The molecule has 1 aromatic heterocycles. The molecule has 0 saturated heterocycles. The standard InChI is InChI=1S/C23H32N4O/c1-22(2,16-24)17-26-23(12-8-13-23)21(28)27-20(18-9-4-3-5-10-18)15-19-11-6-7-14-25-19/h3-7,9-11,14,20,26H,8,12-13,15-17,24H2,1-2H3,(H,27,28). The number of pyridine rings is 1. The lowest BCUT2D eigenvalue weighted by Crippen LogP contribution is -2.63. The van der Waals surface area contributed by atoms with Gasteiger partial charge in [-0.1, -0.05) is 50.2 Å². The molecular weight excluding hydrogens is 348 g/mol. The second-order valence-electron chi connectivity index (χ2n) is 8.62. The van der Waals surface area contributed by atoms with E-state index in [2.05, 4.69) is 41.6 Å². The van der Waals surface area contributed by atoms with Gasteiger partial charge in [-0.15, -0.1) is 0 Å². The van der Waals surface area contributed by atoms with E-state index < -0.39 is 5.54 Å². The van der Waals surface area contributed by atoms with Gasteiger partial charge in [-0.3, -0.25) is 9.78 Å². The molecule has 1 unspecified atom stereocenters. The molecule has 0 spiro atoms. The Morgan fingerprint density at radius 2 is 1.89 bits per heavy atom. The number of nitrogens with one attached hydrogen (secondary N) is 2. The van der Waals surface area contributed by atoms with E-state index in [1.165, 1.54) is 0 Å². The summed E-state index contributed by atoms with van der Waals surface area (Å²) in [7, 11) is 0. The van der Waals surface area contributed by atoms with Crippen LogP contribution in [0.4, 0.5) is 0 Å². The number of rotatable bonds is 9. The molecule has 0 bridgehead atoms. The highest BCUT2D eigenvalue weighted by Crippen LogP contribution is 2.34. The smallest absolute Gasteiger partial charge is 0.240 e. The fourth-order valence-corrected chi connectivity index (χ4v) is 3.46. The normalized spacial score (nSPS) is 16.8. The van der Waals surface area contributed by atoms with Crippen molar-refractivity contribution >= 4 is 5.91 Å². The quantitative estimate of drug-likeness (QED) is 0.625. The molecule has 1 aliphatic carbocycles. The van der Waals surface area contributed by atoms with Gasteiger partial charge in [-0.2, -0.15) is 0 Å². The summed E-state index contributed by atoms with van der Waals surface area (Å²) in [5.74, 6) is 0.0800. The van der Waals surface area contributed by atoms with Crippen molar-refractivity contribution in [3.05, 3.63) is 66.0 Å². The average molecular weight is 381 g/mol. The molecule has 1 aliphatic rings. The molecule has 3 rings (SSSR count). The molecule has 150 valence electrons. The van der Waals surface area contributed by atoms with E-state index in [9.17, 15) is 4.79 Å². The third-order valence-electron chi connectivity index (χ3n) is 5.75. The van der Waals surface area contributed by atoms with Gasteiger partial charge >= 0.3 is 0 Å². The third kappa shape index (κ3) is 4.97. The first-order valence-electron chi connectivity index (χ1n) is 10.2. The van der Waals surface area contributed by atoms with Crippen LogP contribution in [0.2, 0.25) is 0 Å². The summed E-state index contributed by atoms with van der Waals surface area (Å²) in [6.07, 6.45) is 5.26. The number of nitrogens with two attached hydrogens (primary N) is 1. The van der Waals surface area contributed by atoms with Crippen molar-refractivity contribution in [2.45, 2.75) is 51.1 Å². The minimum atomic E-state index is -0.483. The maximum atomic E-state index is 13.3. The van der Waals surface area contributed by atoms with Crippen LogP contribution in [0.1, 0.15) is 50.4 Å². The Balaban J connectivity index is 1.74. The van der Waals surface area contributed by atoms with Crippen molar-refractivity contribution in [1.29, 1.82) is 0 Å². The van der Waals surface area contributed by atoms with E-state index in [0.717, 1.165) is 37.1 Å². The van der Waals surface area contributed by atoms with Crippen LogP contribution < -0.4 is 16.4 Å². The van der Waals surface area contributed by atoms with Gasteiger partial charge in [0.1, 0.15) is 0 Å². The van der Waals surface area contributed by atoms with Crippen molar-refractivity contribution in [2.24, 2.45) is 11.1 Å². The van der Waals surface area contributed by atoms with Crippen LogP contribution in [0.15, 0.2) is 54.7 Å². The molecule has 5 nitrogen and oxygen atoms in total. The summed E-state index contributed by atoms with van der Waals surface area (Å²) < 4.78 is 0. The summed E-state index contributed by atoms with van der Waals surface area (Å²) in [5, 5.41) is 6.84. The topological polar surface area (TPSA) is 80.0 Å². The van der Waals surface area contributed by atoms with Crippen molar-refractivity contribution in [3.63, 3.8) is 0 Å².